The second kappa shape index (κ2) is 9.10. The highest BCUT2D eigenvalue weighted by molar-refractivity contribution is 5.92. The normalized spacial score (nSPS) is 19.0. The van der Waals surface area contributed by atoms with Gasteiger partial charge in [-0.25, -0.2) is 9.97 Å². The van der Waals surface area contributed by atoms with Crippen LogP contribution in [0.3, 0.4) is 0 Å². The van der Waals surface area contributed by atoms with Crippen LogP contribution in [0, 0.1) is 6.92 Å². The van der Waals surface area contributed by atoms with Crippen molar-refractivity contribution in [3.8, 4) is 0 Å². The third-order valence-electron chi connectivity index (χ3n) is 4.75. The number of morpholine rings is 1. The average Bonchev–Trinajstić information content (AvgIpc) is 2.66. The number of hydrogen-bond acceptors (Lipinski definition) is 6. The van der Waals surface area contributed by atoms with E-state index in [2.05, 4.69) is 25.1 Å². The molecule has 0 unspecified atom stereocenters. The van der Waals surface area contributed by atoms with Crippen molar-refractivity contribution in [2.45, 2.75) is 32.6 Å². The Morgan fingerprint density at radius 3 is 2.68 bits per heavy atom. The largest absolute Gasteiger partial charge is 0.379 e. The third-order valence-corrected chi connectivity index (χ3v) is 4.75. The van der Waals surface area contributed by atoms with Crippen molar-refractivity contribution in [3.63, 3.8) is 0 Å². The van der Waals surface area contributed by atoms with Gasteiger partial charge in [-0.2, -0.15) is 0 Å². The van der Waals surface area contributed by atoms with E-state index in [1.54, 1.807) is 6.07 Å². The lowest BCUT2D eigenvalue weighted by Crippen LogP contribution is -2.38. The zero-order valence-corrected chi connectivity index (χ0v) is 15.2. The van der Waals surface area contributed by atoms with Crippen LogP contribution in [0.5, 0.6) is 0 Å². The molecule has 138 valence electrons. The van der Waals surface area contributed by atoms with E-state index in [1.165, 1.54) is 19.3 Å². The minimum atomic E-state index is -0.106. The molecule has 2 aliphatic rings. The first-order valence-electron chi connectivity index (χ1n) is 9.41. The molecule has 1 aromatic heterocycles. The fourth-order valence-corrected chi connectivity index (χ4v) is 3.32. The molecule has 2 saturated heterocycles. The summed E-state index contributed by atoms with van der Waals surface area (Å²) in [6.45, 7) is 9.12. The number of carbonyl (C=O) groups is 1. The zero-order chi connectivity index (χ0) is 17.5. The number of aryl methyl sites for hydroxylation is 1. The number of rotatable bonds is 6. The van der Waals surface area contributed by atoms with Crippen LogP contribution in [0.15, 0.2) is 6.07 Å². The number of hydrogen-bond donors (Lipinski definition) is 1. The number of amides is 1. The summed E-state index contributed by atoms with van der Waals surface area (Å²) in [6, 6.07) is 1.77. The van der Waals surface area contributed by atoms with Crippen molar-refractivity contribution in [2.75, 3.05) is 57.4 Å². The van der Waals surface area contributed by atoms with E-state index < -0.39 is 0 Å². The van der Waals surface area contributed by atoms with Gasteiger partial charge in [0.05, 0.1) is 13.2 Å². The zero-order valence-electron chi connectivity index (χ0n) is 15.2. The molecular formula is C18H29N5O2. The van der Waals surface area contributed by atoms with Gasteiger partial charge >= 0.3 is 0 Å². The summed E-state index contributed by atoms with van der Waals surface area (Å²) in [6.07, 6.45) is 4.54. The summed E-state index contributed by atoms with van der Waals surface area (Å²) in [7, 11) is 0. The number of anilines is 1. The summed E-state index contributed by atoms with van der Waals surface area (Å²) in [5, 5.41) is 2.99. The highest BCUT2D eigenvalue weighted by Crippen LogP contribution is 2.16. The summed E-state index contributed by atoms with van der Waals surface area (Å²) in [4.78, 5) is 26.0. The Morgan fingerprint density at radius 1 is 1.16 bits per heavy atom. The monoisotopic (exact) mass is 347 g/mol. The van der Waals surface area contributed by atoms with E-state index in [0.29, 0.717) is 18.2 Å². The first kappa shape index (κ1) is 18.1. The summed E-state index contributed by atoms with van der Waals surface area (Å²) < 4.78 is 5.34. The molecule has 25 heavy (non-hydrogen) atoms. The van der Waals surface area contributed by atoms with E-state index in [0.717, 1.165) is 58.1 Å². The lowest BCUT2D eigenvalue weighted by atomic mass is 10.1. The molecule has 0 bridgehead atoms. The quantitative estimate of drug-likeness (QED) is 0.781. The molecule has 7 heteroatoms. The fourth-order valence-electron chi connectivity index (χ4n) is 3.32. The van der Waals surface area contributed by atoms with Gasteiger partial charge in [0.25, 0.3) is 5.91 Å². The van der Waals surface area contributed by atoms with E-state index >= 15 is 0 Å². The van der Waals surface area contributed by atoms with Crippen LogP contribution in [0.1, 0.15) is 41.9 Å². The van der Waals surface area contributed by atoms with Crippen molar-refractivity contribution < 1.29 is 9.53 Å². The molecule has 1 aromatic rings. The van der Waals surface area contributed by atoms with Gasteiger partial charge in [-0.3, -0.25) is 9.69 Å². The lowest BCUT2D eigenvalue weighted by molar-refractivity contribution is 0.0374. The molecule has 0 atom stereocenters. The Bertz CT molecular complexity index is 569. The predicted octanol–water partition coefficient (Wildman–Crippen LogP) is 1.23. The molecule has 3 heterocycles. The molecule has 0 saturated carbocycles. The van der Waals surface area contributed by atoms with Crippen LogP contribution in [0.2, 0.25) is 0 Å². The first-order valence-corrected chi connectivity index (χ1v) is 9.41. The molecular weight excluding hydrogens is 318 g/mol. The molecule has 0 aliphatic carbocycles. The third kappa shape index (κ3) is 5.37. The van der Waals surface area contributed by atoms with Crippen molar-refractivity contribution in [2.24, 2.45) is 0 Å². The Labute approximate surface area is 149 Å². The second-order valence-corrected chi connectivity index (χ2v) is 6.81. The number of piperidine rings is 1. The molecule has 1 amide bonds. The van der Waals surface area contributed by atoms with Crippen LogP contribution in [-0.4, -0.2) is 73.3 Å². The number of ether oxygens (including phenoxy) is 1. The number of nitrogens with zero attached hydrogens (tertiary/aromatic N) is 4. The number of aromatic nitrogens is 2. The van der Waals surface area contributed by atoms with E-state index in [9.17, 15) is 4.79 Å². The standard InChI is InChI=1S/C18H29N5O2/c1-15-14-16(21-18(20-15)23-8-3-2-4-9-23)17(24)19-6-5-7-22-10-12-25-13-11-22/h14H,2-13H2,1H3,(H,19,24). The maximum absolute atomic E-state index is 12.4. The van der Waals surface area contributed by atoms with E-state index in [1.807, 2.05) is 6.92 Å². The van der Waals surface area contributed by atoms with Crippen molar-refractivity contribution in [1.82, 2.24) is 20.2 Å². The smallest absolute Gasteiger partial charge is 0.270 e. The Balaban J connectivity index is 1.49. The molecule has 0 radical (unpaired) electrons. The van der Waals surface area contributed by atoms with Gasteiger partial charge < -0.3 is 15.0 Å². The van der Waals surface area contributed by atoms with Crippen LogP contribution in [-0.2, 0) is 4.74 Å². The maximum Gasteiger partial charge on any atom is 0.270 e. The maximum atomic E-state index is 12.4. The van der Waals surface area contributed by atoms with Crippen LogP contribution >= 0.6 is 0 Å². The van der Waals surface area contributed by atoms with Gasteiger partial charge in [-0.1, -0.05) is 0 Å². The summed E-state index contributed by atoms with van der Waals surface area (Å²) in [5.74, 6) is 0.587. The van der Waals surface area contributed by atoms with Gasteiger partial charge in [-0.15, -0.1) is 0 Å². The average molecular weight is 347 g/mol. The van der Waals surface area contributed by atoms with Crippen LogP contribution in [0.4, 0.5) is 5.95 Å². The number of nitrogens with one attached hydrogen (secondary N) is 1. The molecule has 0 aromatic carbocycles. The molecule has 2 aliphatic heterocycles. The van der Waals surface area contributed by atoms with Crippen molar-refractivity contribution in [1.29, 1.82) is 0 Å². The predicted molar refractivity (Wildman–Crippen MR) is 97.0 cm³/mol. The molecule has 0 spiro atoms. The summed E-state index contributed by atoms with van der Waals surface area (Å²) in [5.41, 5.74) is 1.31. The SMILES string of the molecule is Cc1cc(C(=O)NCCCN2CCOCC2)nc(N2CCCCC2)n1. The highest BCUT2D eigenvalue weighted by Gasteiger charge is 2.17. The fraction of sp³-hybridized carbons (Fsp3) is 0.722. The van der Waals surface area contributed by atoms with Crippen LogP contribution < -0.4 is 10.2 Å². The molecule has 1 N–H and O–H groups in total. The van der Waals surface area contributed by atoms with Gasteiger partial charge in [0.15, 0.2) is 0 Å². The van der Waals surface area contributed by atoms with Crippen molar-refractivity contribution in [3.05, 3.63) is 17.5 Å². The lowest BCUT2D eigenvalue weighted by Gasteiger charge is -2.27. The van der Waals surface area contributed by atoms with Gasteiger partial charge in [-0.05, 0) is 45.2 Å². The molecule has 2 fully saturated rings. The van der Waals surface area contributed by atoms with Gasteiger partial charge in [0, 0.05) is 38.4 Å². The molecule has 3 rings (SSSR count). The van der Waals surface area contributed by atoms with Crippen LogP contribution in [0.25, 0.3) is 0 Å². The number of carbonyl (C=O) groups excluding carboxylic acids is 1. The molecule has 7 nitrogen and oxygen atoms in total. The highest BCUT2D eigenvalue weighted by atomic mass is 16.5. The Kier molecular flexibility index (Phi) is 6.58. The minimum absolute atomic E-state index is 0.106. The van der Waals surface area contributed by atoms with E-state index in [4.69, 9.17) is 4.74 Å². The minimum Gasteiger partial charge on any atom is -0.379 e. The van der Waals surface area contributed by atoms with Gasteiger partial charge in [0.1, 0.15) is 5.69 Å². The Hall–Kier alpha value is -1.73. The Morgan fingerprint density at radius 2 is 1.92 bits per heavy atom. The van der Waals surface area contributed by atoms with E-state index in [-0.39, 0.29) is 5.91 Å². The topological polar surface area (TPSA) is 70.6 Å². The van der Waals surface area contributed by atoms with Crippen molar-refractivity contribution >= 4 is 11.9 Å². The summed E-state index contributed by atoms with van der Waals surface area (Å²) >= 11 is 0. The first-order chi connectivity index (χ1) is 12.2. The van der Waals surface area contributed by atoms with Gasteiger partial charge in [0.2, 0.25) is 5.95 Å². The second-order valence-electron chi connectivity index (χ2n) is 6.81.